The lowest BCUT2D eigenvalue weighted by Gasteiger charge is -2.37. The predicted octanol–water partition coefficient (Wildman–Crippen LogP) is 2.29. The number of carbonyl (C=O) groups excluding carboxylic acids is 1. The van der Waals surface area contributed by atoms with E-state index in [9.17, 15) is 14.7 Å². The molecule has 114 valence electrons. The Kier molecular flexibility index (Phi) is 4.50. The Balaban J connectivity index is 2.28. The molecule has 1 heterocycles. The highest BCUT2D eigenvalue weighted by molar-refractivity contribution is 6.01. The van der Waals surface area contributed by atoms with Crippen LogP contribution in [-0.2, 0) is 4.79 Å². The number of rotatable bonds is 3. The van der Waals surface area contributed by atoms with E-state index in [1.165, 1.54) is 4.90 Å². The van der Waals surface area contributed by atoms with Crippen LogP contribution in [0, 0.1) is 12.8 Å². The predicted molar refractivity (Wildman–Crippen MR) is 81.1 cm³/mol. The van der Waals surface area contributed by atoms with Crippen molar-refractivity contribution in [3.05, 3.63) is 29.3 Å². The Morgan fingerprint density at radius 3 is 2.76 bits per heavy atom. The van der Waals surface area contributed by atoms with Crippen LogP contribution in [0.5, 0.6) is 0 Å². The van der Waals surface area contributed by atoms with E-state index in [1.807, 2.05) is 13.0 Å². The maximum absolute atomic E-state index is 12.7. The molecule has 2 unspecified atom stereocenters. The first-order valence-corrected chi connectivity index (χ1v) is 7.34. The first kappa shape index (κ1) is 15.4. The van der Waals surface area contributed by atoms with E-state index in [0.717, 1.165) is 18.4 Å². The smallest absolute Gasteiger partial charge is 0.326 e. The average Bonchev–Trinajstić information content (AvgIpc) is 2.48. The first-order chi connectivity index (χ1) is 9.93. The second kappa shape index (κ2) is 6.16. The van der Waals surface area contributed by atoms with E-state index in [-0.39, 0.29) is 5.91 Å². The molecule has 0 aliphatic carbocycles. The van der Waals surface area contributed by atoms with E-state index < -0.39 is 12.0 Å². The van der Waals surface area contributed by atoms with Gasteiger partial charge in [0.2, 0.25) is 0 Å². The van der Waals surface area contributed by atoms with Gasteiger partial charge in [0.15, 0.2) is 0 Å². The molecular weight excluding hydrogens is 268 g/mol. The molecule has 5 nitrogen and oxygen atoms in total. The highest BCUT2D eigenvalue weighted by Crippen LogP contribution is 2.28. The molecule has 1 aliphatic heterocycles. The maximum Gasteiger partial charge on any atom is 0.326 e. The number of carboxylic acids is 1. The number of carbonyl (C=O) groups is 2. The number of nitrogens with zero attached hydrogens (tertiary/aromatic N) is 1. The zero-order valence-electron chi connectivity index (χ0n) is 12.5. The highest BCUT2D eigenvalue weighted by atomic mass is 16.4. The van der Waals surface area contributed by atoms with Crippen LogP contribution in [-0.4, -0.2) is 34.5 Å². The second-order valence-corrected chi connectivity index (χ2v) is 5.74. The molecule has 0 spiro atoms. The van der Waals surface area contributed by atoms with Crippen molar-refractivity contribution in [3.8, 4) is 0 Å². The van der Waals surface area contributed by atoms with Gasteiger partial charge in [-0.2, -0.15) is 0 Å². The van der Waals surface area contributed by atoms with Gasteiger partial charge >= 0.3 is 5.97 Å². The van der Waals surface area contributed by atoms with Gasteiger partial charge in [0.25, 0.3) is 5.91 Å². The SMILES string of the molecule is CCC1CCN(C(=O)c2cc(C)ccc2N)C(C(=O)O)C1. The second-order valence-electron chi connectivity index (χ2n) is 5.74. The summed E-state index contributed by atoms with van der Waals surface area (Å²) >= 11 is 0. The van der Waals surface area contributed by atoms with Crippen molar-refractivity contribution in [1.82, 2.24) is 4.90 Å². The van der Waals surface area contributed by atoms with Crippen molar-refractivity contribution in [2.24, 2.45) is 5.92 Å². The molecule has 0 radical (unpaired) electrons. The number of hydrogen-bond donors (Lipinski definition) is 2. The van der Waals surface area contributed by atoms with Crippen molar-refractivity contribution in [2.45, 2.75) is 39.2 Å². The number of nitrogens with two attached hydrogens (primary N) is 1. The molecule has 2 rings (SSSR count). The fraction of sp³-hybridized carbons (Fsp3) is 0.500. The zero-order valence-corrected chi connectivity index (χ0v) is 12.5. The summed E-state index contributed by atoms with van der Waals surface area (Å²) in [5.41, 5.74) is 7.61. The standard InChI is InChI=1S/C16H22N2O3/c1-3-11-6-7-18(14(9-11)16(20)21)15(19)12-8-10(2)4-5-13(12)17/h4-5,8,11,14H,3,6-7,9,17H2,1-2H3,(H,20,21). The van der Waals surface area contributed by atoms with Crippen LogP contribution in [0.15, 0.2) is 18.2 Å². The molecule has 1 amide bonds. The lowest BCUT2D eigenvalue weighted by molar-refractivity contribution is -0.144. The number of piperidine rings is 1. The van der Waals surface area contributed by atoms with Gasteiger partial charge in [-0.05, 0) is 37.8 Å². The molecule has 2 atom stereocenters. The van der Waals surface area contributed by atoms with Gasteiger partial charge in [-0.3, -0.25) is 4.79 Å². The van der Waals surface area contributed by atoms with E-state index in [0.29, 0.717) is 30.1 Å². The third kappa shape index (κ3) is 3.17. The summed E-state index contributed by atoms with van der Waals surface area (Å²) in [7, 11) is 0. The van der Waals surface area contributed by atoms with Gasteiger partial charge in [0.05, 0.1) is 5.56 Å². The van der Waals surface area contributed by atoms with Crippen LogP contribution in [0.4, 0.5) is 5.69 Å². The number of aryl methyl sites for hydroxylation is 1. The minimum Gasteiger partial charge on any atom is -0.480 e. The Morgan fingerprint density at radius 1 is 1.43 bits per heavy atom. The van der Waals surface area contributed by atoms with Crippen molar-refractivity contribution in [1.29, 1.82) is 0 Å². The number of anilines is 1. The number of benzene rings is 1. The maximum atomic E-state index is 12.7. The Bertz CT molecular complexity index is 556. The van der Waals surface area contributed by atoms with Crippen molar-refractivity contribution in [2.75, 3.05) is 12.3 Å². The van der Waals surface area contributed by atoms with Crippen molar-refractivity contribution >= 4 is 17.6 Å². The number of amides is 1. The summed E-state index contributed by atoms with van der Waals surface area (Å²) in [6, 6.07) is 4.50. The molecule has 0 bridgehead atoms. The van der Waals surface area contributed by atoms with Crippen LogP contribution >= 0.6 is 0 Å². The van der Waals surface area contributed by atoms with Crippen molar-refractivity contribution in [3.63, 3.8) is 0 Å². The van der Waals surface area contributed by atoms with Gasteiger partial charge in [0, 0.05) is 12.2 Å². The molecule has 21 heavy (non-hydrogen) atoms. The molecule has 1 fully saturated rings. The Labute approximate surface area is 124 Å². The van der Waals surface area contributed by atoms with Gasteiger partial charge in [-0.1, -0.05) is 25.0 Å². The number of carboxylic acid groups (broad SMARTS) is 1. The highest BCUT2D eigenvalue weighted by Gasteiger charge is 2.36. The molecular formula is C16H22N2O3. The van der Waals surface area contributed by atoms with Gasteiger partial charge in [0.1, 0.15) is 6.04 Å². The fourth-order valence-corrected chi connectivity index (χ4v) is 2.90. The molecule has 1 saturated heterocycles. The Morgan fingerprint density at radius 2 is 2.14 bits per heavy atom. The number of hydrogen-bond acceptors (Lipinski definition) is 3. The summed E-state index contributed by atoms with van der Waals surface area (Å²) in [6.07, 6.45) is 2.30. The molecule has 1 aromatic carbocycles. The topological polar surface area (TPSA) is 83.6 Å². The quantitative estimate of drug-likeness (QED) is 0.837. The lowest BCUT2D eigenvalue weighted by Crippen LogP contribution is -2.50. The molecule has 3 N–H and O–H groups in total. The minimum atomic E-state index is -0.937. The van der Waals surface area contributed by atoms with E-state index in [2.05, 4.69) is 6.92 Å². The fourth-order valence-electron chi connectivity index (χ4n) is 2.90. The zero-order chi connectivity index (χ0) is 15.6. The normalized spacial score (nSPS) is 22.1. The lowest BCUT2D eigenvalue weighted by atomic mass is 9.88. The summed E-state index contributed by atoms with van der Waals surface area (Å²) in [5.74, 6) is -0.851. The number of likely N-dealkylation sites (tertiary alicyclic amines) is 1. The van der Waals surface area contributed by atoms with Crippen LogP contribution in [0.1, 0.15) is 42.1 Å². The summed E-state index contributed by atoms with van der Waals surface area (Å²) in [5, 5.41) is 9.42. The summed E-state index contributed by atoms with van der Waals surface area (Å²) < 4.78 is 0. The summed E-state index contributed by atoms with van der Waals surface area (Å²) in [4.78, 5) is 25.6. The number of aliphatic carboxylic acids is 1. The minimum absolute atomic E-state index is 0.279. The molecule has 0 aromatic heterocycles. The van der Waals surface area contributed by atoms with Gasteiger partial charge < -0.3 is 15.7 Å². The van der Waals surface area contributed by atoms with E-state index >= 15 is 0 Å². The number of nitrogen functional groups attached to an aromatic ring is 1. The van der Waals surface area contributed by atoms with Crippen LogP contribution in [0.3, 0.4) is 0 Å². The summed E-state index contributed by atoms with van der Waals surface area (Å²) in [6.45, 7) is 4.41. The third-order valence-electron chi connectivity index (χ3n) is 4.27. The Hall–Kier alpha value is -2.04. The van der Waals surface area contributed by atoms with Crippen LogP contribution < -0.4 is 5.73 Å². The van der Waals surface area contributed by atoms with E-state index in [4.69, 9.17) is 5.73 Å². The van der Waals surface area contributed by atoms with Gasteiger partial charge in [-0.15, -0.1) is 0 Å². The van der Waals surface area contributed by atoms with Crippen LogP contribution in [0.2, 0.25) is 0 Å². The largest absolute Gasteiger partial charge is 0.480 e. The van der Waals surface area contributed by atoms with Gasteiger partial charge in [-0.25, -0.2) is 4.79 Å². The molecule has 1 aliphatic rings. The monoisotopic (exact) mass is 290 g/mol. The third-order valence-corrected chi connectivity index (χ3v) is 4.27. The average molecular weight is 290 g/mol. The van der Waals surface area contributed by atoms with E-state index in [1.54, 1.807) is 12.1 Å². The molecule has 5 heteroatoms. The van der Waals surface area contributed by atoms with Crippen LogP contribution in [0.25, 0.3) is 0 Å². The molecule has 1 aromatic rings. The van der Waals surface area contributed by atoms with Crippen molar-refractivity contribution < 1.29 is 14.7 Å². The first-order valence-electron chi connectivity index (χ1n) is 7.34. The molecule has 0 saturated carbocycles.